The van der Waals surface area contributed by atoms with Gasteiger partial charge in [0, 0.05) is 13.0 Å². The van der Waals surface area contributed by atoms with Crippen LogP contribution in [0.3, 0.4) is 0 Å². The van der Waals surface area contributed by atoms with Crippen LogP contribution in [0.2, 0.25) is 0 Å². The van der Waals surface area contributed by atoms with Gasteiger partial charge in [-0.05, 0) is 23.3 Å². The molecule has 0 aliphatic rings. The molecule has 0 saturated heterocycles. The van der Waals surface area contributed by atoms with E-state index in [0.717, 1.165) is 19.3 Å². The Hall–Kier alpha value is -1.90. The second kappa shape index (κ2) is 6.54. The Morgan fingerprint density at radius 1 is 1.53 bits per heavy atom. The van der Waals surface area contributed by atoms with Gasteiger partial charge in [0.1, 0.15) is 12.9 Å². The van der Waals surface area contributed by atoms with E-state index in [9.17, 15) is 4.79 Å². The summed E-state index contributed by atoms with van der Waals surface area (Å²) in [7, 11) is 0. The maximum Gasteiger partial charge on any atom is 0.241 e. The first-order valence-electron chi connectivity index (χ1n) is 4.74. The fraction of sp³-hybridized carbons (Fsp3) is 0.556. The fourth-order valence-electron chi connectivity index (χ4n) is 1.04. The topological polar surface area (TPSA) is 72.7 Å². The number of aromatic nitrogens is 4. The zero-order valence-electron chi connectivity index (χ0n) is 8.39. The molecule has 0 bridgehead atoms. The highest BCUT2D eigenvalue weighted by Crippen LogP contribution is 1.91. The number of nitrogens with one attached hydrogen (secondary N) is 1. The monoisotopic (exact) mass is 207 g/mol. The average Bonchev–Trinajstić information content (AvgIpc) is 2.70. The van der Waals surface area contributed by atoms with Gasteiger partial charge in [-0.15, -0.1) is 17.4 Å². The quantitative estimate of drug-likeness (QED) is 0.508. The second-order valence-corrected chi connectivity index (χ2v) is 3.02. The summed E-state index contributed by atoms with van der Waals surface area (Å²) in [5, 5.41) is 13.2. The van der Waals surface area contributed by atoms with E-state index in [1.807, 2.05) is 0 Å². The molecule has 1 aromatic heterocycles. The first-order chi connectivity index (χ1) is 7.33. The molecule has 1 rings (SSSR count). The van der Waals surface area contributed by atoms with Gasteiger partial charge in [0.25, 0.3) is 0 Å². The van der Waals surface area contributed by atoms with Crippen LogP contribution in [0, 0.1) is 12.3 Å². The standard InChI is InChI=1S/C9H13N5O/c1-2-3-4-5-6-10-9(15)7-14-8-11-12-13-14/h1,8H,3-7H2,(H,10,15). The molecule has 1 aromatic rings. The number of amides is 1. The largest absolute Gasteiger partial charge is 0.354 e. The molecule has 6 nitrogen and oxygen atoms in total. The molecule has 1 heterocycles. The first kappa shape index (κ1) is 11.2. The van der Waals surface area contributed by atoms with E-state index in [2.05, 4.69) is 26.8 Å². The Balaban J connectivity index is 2.07. The number of rotatable bonds is 6. The molecule has 0 aliphatic heterocycles. The van der Waals surface area contributed by atoms with Crippen molar-refractivity contribution in [2.24, 2.45) is 0 Å². The van der Waals surface area contributed by atoms with Crippen molar-refractivity contribution in [1.29, 1.82) is 0 Å². The summed E-state index contributed by atoms with van der Waals surface area (Å²) in [4.78, 5) is 11.3. The summed E-state index contributed by atoms with van der Waals surface area (Å²) in [6, 6.07) is 0. The third-order valence-electron chi connectivity index (χ3n) is 1.77. The third-order valence-corrected chi connectivity index (χ3v) is 1.77. The molecular formula is C9H13N5O. The fourth-order valence-corrected chi connectivity index (χ4v) is 1.04. The smallest absolute Gasteiger partial charge is 0.241 e. The number of terminal acetylenes is 1. The van der Waals surface area contributed by atoms with Gasteiger partial charge in [-0.2, -0.15) is 0 Å². The Kier molecular flexibility index (Phi) is 4.87. The van der Waals surface area contributed by atoms with Gasteiger partial charge in [0.05, 0.1) is 0 Å². The summed E-state index contributed by atoms with van der Waals surface area (Å²) in [6.45, 7) is 0.796. The van der Waals surface area contributed by atoms with Crippen molar-refractivity contribution in [3.63, 3.8) is 0 Å². The van der Waals surface area contributed by atoms with Crippen molar-refractivity contribution >= 4 is 5.91 Å². The van der Waals surface area contributed by atoms with Gasteiger partial charge in [-0.3, -0.25) is 4.79 Å². The van der Waals surface area contributed by atoms with E-state index in [1.165, 1.54) is 11.0 Å². The zero-order chi connectivity index (χ0) is 10.9. The summed E-state index contributed by atoms with van der Waals surface area (Å²) in [5.41, 5.74) is 0. The van der Waals surface area contributed by atoms with Crippen molar-refractivity contribution in [2.45, 2.75) is 25.8 Å². The molecule has 0 spiro atoms. The highest BCUT2D eigenvalue weighted by molar-refractivity contribution is 5.75. The van der Waals surface area contributed by atoms with E-state index in [0.29, 0.717) is 6.54 Å². The van der Waals surface area contributed by atoms with Crippen LogP contribution in [0.5, 0.6) is 0 Å². The predicted octanol–water partition coefficient (Wildman–Crippen LogP) is -0.407. The number of carbonyl (C=O) groups excluding carboxylic acids is 1. The highest BCUT2D eigenvalue weighted by atomic mass is 16.2. The van der Waals surface area contributed by atoms with Crippen LogP contribution in [0.15, 0.2) is 6.33 Å². The lowest BCUT2D eigenvalue weighted by molar-refractivity contribution is -0.121. The van der Waals surface area contributed by atoms with Gasteiger partial charge in [-0.1, -0.05) is 0 Å². The molecule has 0 aromatic carbocycles. The molecule has 0 saturated carbocycles. The molecule has 1 amide bonds. The maximum absolute atomic E-state index is 11.3. The third kappa shape index (κ3) is 4.76. The molecule has 6 heteroatoms. The van der Waals surface area contributed by atoms with Crippen molar-refractivity contribution in [1.82, 2.24) is 25.5 Å². The molecule has 0 aliphatic carbocycles. The first-order valence-corrected chi connectivity index (χ1v) is 4.74. The lowest BCUT2D eigenvalue weighted by atomic mass is 10.2. The number of carbonyl (C=O) groups is 1. The van der Waals surface area contributed by atoms with Gasteiger partial charge < -0.3 is 5.32 Å². The predicted molar refractivity (Wildman–Crippen MR) is 53.5 cm³/mol. The molecule has 15 heavy (non-hydrogen) atoms. The van der Waals surface area contributed by atoms with Gasteiger partial charge in [0.2, 0.25) is 5.91 Å². The van der Waals surface area contributed by atoms with E-state index in [4.69, 9.17) is 6.42 Å². The van der Waals surface area contributed by atoms with Gasteiger partial charge in [-0.25, -0.2) is 4.68 Å². The minimum Gasteiger partial charge on any atom is -0.354 e. The van der Waals surface area contributed by atoms with Crippen LogP contribution < -0.4 is 5.32 Å². The zero-order valence-corrected chi connectivity index (χ0v) is 8.39. The number of unbranched alkanes of at least 4 members (excludes halogenated alkanes) is 2. The van der Waals surface area contributed by atoms with Crippen LogP contribution in [0.25, 0.3) is 0 Å². The number of hydrogen-bond donors (Lipinski definition) is 1. The SMILES string of the molecule is C#CCCCCNC(=O)Cn1cnnn1. The van der Waals surface area contributed by atoms with Crippen molar-refractivity contribution < 1.29 is 4.79 Å². The number of nitrogens with zero attached hydrogens (tertiary/aromatic N) is 4. The normalized spacial score (nSPS) is 9.53. The van der Waals surface area contributed by atoms with E-state index >= 15 is 0 Å². The summed E-state index contributed by atoms with van der Waals surface area (Å²) >= 11 is 0. The van der Waals surface area contributed by atoms with Gasteiger partial charge in [0.15, 0.2) is 0 Å². The molecule has 80 valence electrons. The lowest BCUT2D eigenvalue weighted by Crippen LogP contribution is -2.28. The van der Waals surface area contributed by atoms with E-state index in [-0.39, 0.29) is 12.5 Å². The average molecular weight is 207 g/mol. The molecular weight excluding hydrogens is 194 g/mol. The Labute approximate surface area is 88.0 Å². The number of hydrogen-bond acceptors (Lipinski definition) is 4. The highest BCUT2D eigenvalue weighted by Gasteiger charge is 2.01. The van der Waals surface area contributed by atoms with Crippen LogP contribution in [0.4, 0.5) is 0 Å². The Bertz CT molecular complexity index is 327. The Morgan fingerprint density at radius 2 is 2.40 bits per heavy atom. The van der Waals surface area contributed by atoms with Crippen molar-refractivity contribution in [3.8, 4) is 12.3 Å². The molecule has 1 N–H and O–H groups in total. The summed E-state index contributed by atoms with van der Waals surface area (Å²) in [5.74, 6) is 2.45. The van der Waals surface area contributed by atoms with Crippen molar-refractivity contribution in [2.75, 3.05) is 6.54 Å². The lowest BCUT2D eigenvalue weighted by Gasteiger charge is -2.03. The second-order valence-electron chi connectivity index (χ2n) is 3.02. The minimum absolute atomic E-state index is 0.0944. The Morgan fingerprint density at radius 3 is 3.07 bits per heavy atom. The maximum atomic E-state index is 11.3. The molecule has 0 atom stereocenters. The van der Waals surface area contributed by atoms with Crippen LogP contribution in [-0.2, 0) is 11.3 Å². The molecule has 0 radical (unpaired) electrons. The van der Waals surface area contributed by atoms with Crippen LogP contribution in [-0.4, -0.2) is 32.7 Å². The molecule has 0 fully saturated rings. The molecule has 0 unspecified atom stereocenters. The van der Waals surface area contributed by atoms with Gasteiger partial charge >= 0.3 is 0 Å². The van der Waals surface area contributed by atoms with Crippen LogP contribution in [0.1, 0.15) is 19.3 Å². The van der Waals surface area contributed by atoms with E-state index in [1.54, 1.807) is 0 Å². The minimum atomic E-state index is -0.0944. The summed E-state index contributed by atoms with van der Waals surface area (Å²) < 4.78 is 1.37. The van der Waals surface area contributed by atoms with Crippen LogP contribution >= 0.6 is 0 Å². The summed E-state index contributed by atoms with van der Waals surface area (Å²) in [6.07, 6.45) is 9.08. The van der Waals surface area contributed by atoms with Crippen molar-refractivity contribution in [3.05, 3.63) is 6.33 Å². The van der Waals surface area contributed by atoms with E-state index < -0.39 is 0 Å². The number of tetrazole rings is 1.